The van der Waals surface area contributed by atoms with Crippen LogP contribution in [0.5, 0.6) is 11.5 Å². The number of nitrogens with zero attached hydrogens (tertiary/aromatic N) is 2. The minimum atomic E-state index is -0.539. The zero-order valence-electron chi connectivity index (χ0n) is 14.7. The second-order valence-corrected chi connectivity index (χ2v) is 5.87. The van der Waals surface area contributed by atoms with Crippen molar-refractivity contribution >= 4 is 35.4 Å². The summed E-state index contributed by atoms with van der Waals surface area (Å²) in [5.74, 6) is 0.204. The van der Waals surface area contributed by atoms with E-state index in [2.05, 4.69) is 0 Å². The summed E-state index contributed by atoms with van der Waals surface area (Å²) in [5, 5.41) is 10.9. The Bertz CT molecular complexity index is 859. The van der Waals surface area contributed by atoms with Crippen LogP contribution >= 0.6 is 12.4 Å². The quantitative estimate of drug-likeness (QED) is 0.475. The normalized spacial score (nSPS) is 12.6. The van der Waals surface area contributed by atoms with Gasteiger partial charge in [0.1, 0.15) is 5.75 Å². The molecule has 0 aromatic heterocycles. The van der Waals surface area contributed by atoms with E-state index in [1.165, 1.54) is 25.3 Å². The summed E-state index contributed by atoms with van der Waals surface area (Å²) in [6.45, 7) is 0.414. The zero-order chi connectivity index (χ0) is 18.7. The van der Waals surface area contributed by atoms with E-state index in [1.54, 1.807) is 4.90 Å². The van der Waals surface area contributed by atoms with E-state index in [-0.39, 0.29) is 36.4 Å². The Morgan fingerprint density at radius 3 is 2.81 bits per heavy atom. The van der Waals surface area contributed by atoms with Gasteiger partial charge in [0.25, 0.3) is 5.91 Å². The Kier molecular flexibility index (Phi) is 6.46. The van der Waals surface area contributed by atoms with Crippen LogP contribution in [0.15, 0.2) is 36.4 Å². The first-order valence-corrected chi connectivity index (χ1v) is 8.14. The zero-order valence-corrected chi connectivity index (χ0v) is 15.5. The molecule has 1 heterocycles. The minimum absolute atomic E-state index is 0. The van der Waals surface area contributed by atoms with Crippen LogP contribution in [0.3, 0.4) is 0 Å². The summed E-state index contributed by atoms with van der Waals surface area (Å²) >= 11 is 0. The van der Waals surface area contributed by atoms with E-state index in [0.717, 1.165) is 24.1 Å². The highest BCUT2D eigenvalue weighted by Crippen LogP contribution is 2.32. The molecule has 2 aromatic rings. The number of hydrogen-bond donors (Lipinski definition) is 1. The van der Waals surface area contributed by atoms with Gasteiger partial charge in [-0.15, -0.1) is 12.4 Å². The molecule has 9 heteroatoms. The standard InChI is InChI=1S/C18H19N3O5.ClH/c1-25-17-10-12(7-8-16(17)21(23)24)26-11-18(22)20-9-3-4-13-14(19)5-2-6-15(13)20;/h2,5-8,10H,3-4,9,11,19H2,1H3;1H. The van der Waals surface area contributed by atoms with E-state index in [1.807, 2.05) is 18.2 Å². The fourth-order valence-corrected chi connectivity index (χ4v) is 3.03. The SMILES string of the molecule is COc1cc(OCC(=O)N2CCCc3c(N)cccc32)ccc1[N+](=O)[O-].Cl. The molecule has 0 radical (unpaired) electrons. The van der Waals surface area contributed by atoms with E-state index in [9.17, 15) is 14.9 Å². The molecular weight excluding hydrogens is 374 g/mol. The van der Waals surface area contributed by atoms with E-state index < -0.39 is 4.92 Å². The number of fused-ring (bicyclic) bond motifs is 1. The monoisotopic (exact) mass is 393 g/mol. The lowest BCUT2D eigenvalue weighted by molar-refractivity contribution is -0.385. The van der Waals surface area contributed by atoms with Crippen molar-refractivity contribution < 1.29 is 19.2 Å². The Morgan fingerprint density at radius 2 is 2.11 bits per heavy atom. The molecule has 0 aliphatic carbocycles. The average Bonchev–Trinajstić information content (AvgIpc) is 2.65. The van der Waals surface area contributed by atoms with Crippen LogP contribution in [-0.4, -0.2) is 31.1 Å². The predicted molar refractivity (Wildman–Crippen MR) is 104 cm³/mol. The number of methoxy groups -OCH3 is 1. The van der Waals surface area contributed by atoms with Gasteiger partial charge in [-0.2, -0.15) is 0 Å². The number of nitro groups is 1. The highest BCUT2D eigenvalue weighted by atomic mass is 35.5. The van der Waals surface area contributed by atoms with Crippen LogP contribution in [0.2, 0.25) is 0 Å². The summed E-state index contributed by atoms with van der Waals surface area (Å²) in [7, 11) is 1.34. The Balaban J connectivity index is 0.00000261. The molecule has 0 atom stereocenters. The number of rotatable bonds is 5. The van der Waals surface area contributed by atoms with Gasteiger partial charge in [0.15, 0.2) is 6.61 Å². The number of hydrogen-bond acceptors (Lipinski definition) is 6. The lowest BCUT2D eigenvalue weighted by Crippen LogP contribution is -2.38. The van der Waals surface area contributed by atoms with Crippen molar-refractivity contribution in [2.75, 3.05) is 30.9 Å². The first-order valence-electron chi connectivity index (χ1n) is 8.14. The fourth-order valence-electron chi connectivity index (χ4n) is 3.03. The summed E-state index contributed by atoms with van der Waals surface area (Å²) in [4.78, 5) is 24.6. The number of carbonyl (C=O) groups is 1. The number of nitrogen functional groups attached to an aromatic ring is 1. The van der Waals surface area contributed by atoms with Crippen LogP contribution in [-0.2, 0) is 11.2 Å². The summed E-state index contributed by atoms with van der Waals surface area (Å²) in [6.07, 6.45) is 1.67. The van der Waals surface area contributed by atoms with Crippen LogP contribution in [0.4, 0.5) is 17.1 Å². The molecular formula is C18H20ClN3O5. The first-order chi connectivity index (χ1) is 12.5. The van der Waals surface area contributed by atoms with Gasteiger partial charge in [-0.25, -0.2) is 0 Å². The number of carbonyl (C=O) groups excluding carboxylic acids is 1. The molecule has 2 aromatic carbocycles. The predicted octanol–water partition coefficient (Wildman–Crippen LogP) is 2.97. The molecule has 1 amide bonds. The minimum Gasteiger partial charge on any atom is -0.490 e. The molecule has 8 nitrogen and oxygen atoms in total. The summed E-state index contributed by atoms with van der Waals surface area (Å²) < 4.78 is 10.5. The van der Waals surface area contributed by atoms with Gasteiger partial charge >= 0.3 is 5.69 Å². The fraction of sp³-hybridized carbons (Fsp3) is 0.278. The Hall–Kier alpha value is -3.00. The number of nitrogens with two attached hydrogens (primary N) is 1. The highest BCUT2D eigenvalue weighted by Gasteiger charge is 2.24. The number of halogens is 1. The van der Waals surface area contributed by atoms with Gasteiger partial charge in [-0.05, 0) is 36.6 Å². The largest absolute Gasteiger partial charge is 0.490 e. The maximum absolute atomic E-state index is 12.6. The molecule has 0 spiro atoms. The number of amides is 1. The lowest BCUT2D eigenvalue weighted by Gasteiger charge is -2.30. The highest BCUT2D eigenvalue weighted by molar-refractivity contribution is 5.96. The van der Waals surface area contributed by atoms with Crippen molar-refractivity contribution in [2.24, 2.45) is 0 Å². The van der Waals surface area contributed by atoms with Crippen molar-refractivity contribution in [3.8, 4) is 11.5 Å². The molecule has 0 bridgehead atoms. The number of nitro benzene ring substituents is 1. The molecule has 3 rings (SSSR count). The smallest absolute Gasteiger partial charge is 0.311 e. The van der Waals surface area contributed by atoms with Crippen molar-refractivity contribution in [1.82, 2.24) is 0 Å². The van der Waals surface area contributed by atoms with Crippen molar-refractivity contribution in [3.63, 3.8) is 0 Å². The van der Waals surface area contributed by atoms with Gasteiger partial charge in [0.05, 0.1) is 12.0 Å². The Labute approximate surface area is 162 Å². The van der Waals surface area contributed by atoms with E-state index >= 15 is 0 Å². The van der Waals surface area contributed by atoms with E-state index in [0.29, 0.717) is 18.0 Å². The third-order valence-electron chi connectivity index (χ3n) is 4.30. The molecule has 1 aliphatic heterocycles. The molecule has 1 aliphatic rings. The van der Waals surface area contributed by atoms with Gasteiger partial charge in [0, 0.05) is 30.1 Å². The number of anilines is 2. The maximum Gasteiger partial charge on any atom is 0.311 e. The van der Waals surface area contributed by atoms with Gasteiger partial charge < -0.3 is 20.1 Å². The molecule has 144 valence electrons. The van der Waals surface area contributed by atoms with E-state index in [4.69, 9.17) is 15.2 Å². The number of ether oxygens (including phenoxy) is 2. The van der Waals surface area contributed by atoms with Crippen molar-refractivity contribution in [2.45, 2.75) is 12.8 Å². The summed E-state index contributed by atoms with van der Waals surface area (Å²) in [6, 6.07) is 9.64. The topological polar surface area (TPSA) is 108 Å². The molecule has 27 heavy (non-hydrogen) atoms. The average molecular weight is 394 g/mol. The molecule has 0 fully saturated rings. The van der Waals surface area contributed by atoms with Gasteiger partial charge in [0.2, 0.25) is 5.75 Å². The Morgan fingerprint density at radius 1 is 1.33 bits per heavy atom. The molecule has 0 saturated heterocycles. The molecule has 2 N–H and O–H groups in total. The molecule has 0 saturated carbocycles. The second kappa shape index (κ2) is 8.59. The van der Waals surface area contributed by atoms with Crippen LogP contribution < -0.4 is 20.1 Å². The third-order valence-corrected chi connectivity index (χ3v) is 4.30. The molecule has 0 unspecified atom stereocenters. The van der Waals surface area contributed by atoms with Crippen LogP contribution in [0.1, 0.15) is 12.0 Å². The lowest BCUT2D eigenvalue weighted by atomic mass is 10.00. The number of benzene rings is 2. The second-order valence-electron chi connectivity index (χ2n) is 5.87. The van der Waals surface area contributed by atoms with Crippen LogP contribution in [0, 0.1) is 10.1 Å². The van der Waals surface area contributed by atoms with Gasteiger partial charge in [-0.3, -0.25) is 14.9 Å². The van der Waals surface area contributed by atoms with Gasteiger partial charge in [-0.1, -0.05) is 6.07 Å². The van der Waals surface area contributed by atoms with Crippen molar-refractivity contribution in [1.29, 1.82) is 0 Å². The summed E-state index contributed by atoms with van der Waals surface area (Å²) in [5.41, 5.74) is 8.31. The van der Waals surface area contributed by atoms with Crippen molar-refractivity contribution in [3.05, 3.63) is 52.1 Å². The first kappa shape index (κ1) is 20.3. The van der Waals surface area contributed by atoms with Crippen LogP contribution in [0.25, 0.3) is 0 Å². The maximum atomic E-state index is 12.6. The third kappa shape index (κ3) is 4.22.